The largest absolute Gasteiger partial charge is 0.326 e. The van der Waals surface area contributed by atoms with E-state index >= 15 is 0 Å². The Labute approximate surface area is 102 Å². The molecule has 0 aliphatic carbocycles. The Morgan fingerprint density at radius 3 is 2.28 bits per heavy atom. The average molecular weight is 268 g/mol. The quantitative estimate of drug-likeness (QED) is 0.504. The van der Waals surface area contributed by atoms with Crippen LogP contribution < -0.4 is 5.32 Å². The summed E-state index contributed by atoms with van der Waals surface area (Å²) >= 11 is 0. The van der Waals surface area contributed by atoms with Gasteiger partial charge in [-0.3, -0.25) is 9.59 Å². The van der Waals surface area contributed by atoms with Gasteiger partial charge in [-0.15, -0.1) is 0 Å². The molecule has 1 aromatic rings. The Morgan fingerprint density at radius 1 is 1.28 bits per heavy atom. The second-order valence-corrected chi connectivity index (χ2v) is 4.68. The summed E-state index contributed by atoms with van der Waals surface area (Å²) in [5.74, 6) is -0.296. The summed E-state index contributed by atoms with van der Waals surface area (Å²) in [4.78, 5) is 24.3. The van der Waals surface area contributed by atoms with Gasteiger partial charge in [-0.2, -0.15) is 0 Å². The molecule has 0 aromatic heterocycles. The van der Waals surface area contributed by atoms with Crippen molar-refractivity contribution in [2.45, 2.75) is 6.92 Å². The molecular formula is C9H8N4O4S. The topological polar surface area (TPSA) is 129 Å². The summed E-state index contributed by atoms with van der Waals surface area (Å²) in [5.41, 5.74) is 8.28. The van der Waals surface area contributed by atoms with Gasteiger partial charge in [0.05, 0.1) is 0 Å². The molecule has 8 nitrogen and oxygen atoms in total. The van der Waals surface area contributed by atoms with Crippen molar-refractivity contribution in [3.8, 4) is 0 Å². The zero-order valence-corrected chi connectivity index (χ0v) is 10.0. The van der Waals surface area contributed by atoms with E-state index in [9.17, 15) is 18.0 Å². The van der Waals surface area contributed by atoms with Crippen LogP contribution in [0.25, 0.3) is 10.4 Å². The second-order valence-electron chi connectivity index (χ2n) is 3.19. The van der Waals surface area contributed by atoms with Crippen LogP contribution in [0.1, 0.15) is 17.3 Å². The SMILES string of the molecule is CC(=O)Nc1ccc(C(=O)S(=O)(=O)N=[N+]=[N-])cc1. The third-order valence-corrected chi connectivity index (χ3v) is 2.81. The highest BCUT2D eigenvalue weighted by Gasteiger charge is 2.22. The lowest BCUT2D eigenvalue weighted by molar-refractivity contribution is -0.114. The Balaban J connectivity index is 3.03. The van der Waals surface area contributed by atoms with Crippen molar-refractivity contribution in [1.82, 2.24) is 0 Å². The Morgan fingerprint density at radius 2 is 1.83 bits per heavy atom. The van der Waals surface area contributed by atoms with Crippen LogP contribution in [0, 0.1) is 0 Å². The fourth-order valence-corrected chi connectivity index (χ4v) is 1.73. The van der Waals surface area contributed by atoms with Crippen LogP contribution in [-0.2, 0) is 14.8 Å². The molecule has 0 spiro atoms. The molecule has 0 bridgehead atoms. The van der Waals surface area contributed by atoms with Gasteiger partial charge in [-0.25, -0.2) is 8.42 Å². The summed E-state index contributed by atoms with van der Waals surface area (Å²) in [6, 6.07) is 5.14. The standard InChI is InChI=1S/C9H8N4O4S/c1-6(14)11-8-4-2-7(3-5-8)9(15)18(16,17)13-12-10/h2-5H,1H3,(H,11,14). The highest BCUT2D eigenvalue weighted by atomic mass is 32.2. The number of carbonyl (C=O) groups excluding carboxylic acids is 2. The van der Waals surface area contributed by atoms with Gasteiger partial charge in [0.1, 0.15) is 0 Å². The van der Waals surface area contributed by atoms with E-state index in [1.807, 2.05) is 0 Å². The van der Waals surface area contributed by atoms with Crippen molar-refractivity contribution in [2.24, 2.45) is 4.52 Å². The molecule has 9 heteroatoms. The van der Waals surface area contributed by atoms with Gasteiger partial charge in [0.15, 0.2) is 0 Å². The van der Waals surface area contributed by atoms with E-state index in [1.165, 1.54) is 31.2 Å². The third kappa shape index (κ3) is 3.30. The molecule has 0 radical (unpaired) electrons. The summed E-state index contributed by atoms with van der Waals surface area (Å²) in [5, 5.41) is 1.16. The molecule has 1 aromatic carbocycles. The Hall–Kier alpha value is -2.38. The number of nitrogens with zero attached hydrogens (tertiary/aromatic N) is 3. The van der Waals surface area contributed by atoms with E-state index in [2.05, 4.69) is 14.7 Å². The van der Waals surface area contributed by atoms with Gasteiger partial charge in [-0.1, -0.05) is 0 Å². The summed E-state index contributed by atoms with van der Waals surface area (Å²) in [6.07, 6.45) is 0. The highest BCUT2D eigenvalue weighted by molar-refractivity contribution is 8.05. The van der Waals surface area contributed by atoms with Crippen molar-refractivity contribution in [1.29, 1.82) is 0 Å². The molecule has 94 valence electrons. The summed E-state index contributed by atoms with van der Waals surface area (Å²) in [6.45, 7) is 1.31. The normalized spacial score (nSPS) is 10.3. The van der Waals surface area contributed by atoms with Crippen molar-refractivity contribution in [3.05, 3.63) is 40.3 Å². The van der Waals surface area contributed by atoms with E-state index in [-0.39, 0.29) is 11.5 Å². The van der Waals surface area contributed by atoms with Crippen LogP contribution in [0.5, 0.6) is 0 Å². The van der Waals surface area contributed by atoms with Crippen molar-refractivity contribution < 1.29 is 18.0 Å². The first-order valence-electron chi connectivity index (χ1n) is 4.60. The van der Waals surface area contributed by atoms with Crippen LogP contribution in [0.2, 0.25) is 0 Å². The van der Waals surface area contributed by atoms with Gasteiger partial charge in [-0.05, 0) is 29.8 Å². The molecular weight excluding hydrogens is 260 g/mol. The first kappa shape index (κ1) is 13.7. The van der Waals surface area contributed by atoms with Crippen LogP contribution >= 0.6 is 0 Å². The third-order valence-electron chi connectivity index (χ3n) is 1.82. The molecule has 1 N–H and O–H groups in total. The number of carbonyl (C=O) groups is 2. The number of hydrogen-bond acceptors (Lipinski definition) is 4. The van der Waals surface area contributed by atoms with Gasteiger partial charge in [0.2, 0.25) is 5.91 Å². The maximum atomic E-state index is 11.4. The van der Waals surface area contributed by atoms with Crippen LogP contribution in [0.4, 0.5) is 5.69 Å². The number of anilines is 1. The Kier molecular flexibility index (Phi) is 4.03. The van der Waals surface area contributed by atoms with E-state index in [0.29, 0.717) is 5.69 Å². The van der Waals surface area contributed by atoms with E-state index < -0.39 is 15.1 Å². The lowest BCUT2D eigenvalue weighted by Gasteiger charge is -2.02. The number of azide groups is 1. The smallest absolute Gasteiger partial charge is 0.302 e. The molecule has 0 atom stereocenters. The maximum absolute atomic E-state index is 11.4. The molecule has 1 amide bonds. The van der Waals surface area contributed by atoms with E-state index in [0.717, 1.165) is 0 Å². The number of sulfonamides is 1. The minimum Gasteiger partial charge on any atom is -0.326 e. The number of rotatable bonds is 3. The minimum atomic E-state index is -4.52. The average Bonchev–Trinajstić information content (AvgIpc) is 2.28. The lowest BCUT2D eigenvalue weighted by Crippen LogP contribution is -2.12. The molecule has 18 heavy (non-hydrogen) atoms. The monoisotopic (exact) mass is 268 g/mol. The zero-order valence-electron chi connectivity index (χ0n) is 9.19. The summed E-state index contributed by atoms with van der Waals surface area (Å²) < 4.78 is 24.7. The van der Waals surface area contributed by atoms with Crippen LogP contribution in [0.15, 0.2) is 28.8 Å². The number of benzene rings is 1. The Bertz CT molecular complexity index is 629. The summed E-state index contributed by atoms with van der Waals surface area (Å²) in [7, 11) is -4.52. The fraction of sp³-hybridized carbons (Fsp3) is 0.111. The number of hydrogen-bond donors (Lipinski definition) is 1. The molecule has 1 rings (SSSR count). The molecule has 0 fully saturated rings. The van der Waals surface area contributed by atoms with E-state index in [4.69, 9.17) is 5.53 Å². The van der Waals surface area contributed by atoms with Gasteiger partial charge in [0.25, 0.3) is 5.12 Å². The second kappa shape index (κ2) is 5.30. The highest BCUT2D eigenvalue weighted by Crippen LogP contribution is 2.13. The molecule has 0 saturated heterocycles. The van der Waals surface area contributed by atoms with Crippen molar-refractivity contribution in [3.63, 3.8) is 0 Å². The van der Waals surface area contributed by atoms with Crippen molar-refractivity contribution >= 4 is 26.7 Å². The first-order valence-corrected chi connectivity index (χ1v) is 6.04. The van der Waals surface area contributed by atoms with E-state index in [1.54, 1.807) is 0 Å². The molecule has 0 saturated carbocycles. The molecule has 0 unspecified atom stereocenters. The van der Waals surface area contributed by atoms with Gasteiger partial charge >= 0.3 is 10.0 Å². The minimum absolute atomic E-state index is 0.156. The predicted octanol–water partition coefficient (Wildman–Crippen LogP) is 1.43. The lowest BCUT2D eigenvalue weighted by atomic mass is 10.2. The van der Waals surface area contributed by atoms with Crippen LogP contribution in [-0.4, -0.2) is 19.4 Å². The number of amides is 1. The number of nitrogens with one attached hydrogen (secondary N) is 1. The maximum Gasteiger partial charge on any atom is 0.302 e. The van der Waals surface area contributed by atoms with Gasteiger partial charge in [0, 0.05) is 27.6 Å². The molecule has 0 aliphatic rings. The van der Waals surface area contributed by atoms with Gasteiger partial charge < -0.3 is 5.32 Å². The zero-order chi connectivity index (χ0) is 13.8. The van der Waals surface area contributed by atoms with Crippen molar-refractivity contribution in [2.75, 3.05) is 5.32 Å². The first-order chi connectivity index (χ1) is 8.36. The fourth-order valence-electron chi connectivity index (χ4n) is 1.13. The molecule has 0 heterocycles. The van der Waals surface area contributed by atoms with Crippen LogP contribution in [0.3, 0.4) is 0 Å². The predicted molar refractivity (Wildman–Crippen MR) is 63.1 cm³/mol. The molecule has 0 aliphatic heterocycles.